The van der Waals surface area contributed by atoms with E-state index in [1.54, 1.807) is 36.4 Å². The van der Waals surface area contributed by atoms with Gasteiger partial charge in [0.2, 0.25) is 11.6 Å². The Bertz CT molecular complexity index is 1010. The molecule has 0 spiro atoms. The van der Waals surface area contributed by atoms with E-state index in [0.717, 1.165) is 5.56 Å². The van der Waals surface area contributed by atoms with Gasteiger partial charge < -0.3 is 0 Å². The third-order valence-electron chi connectivity index (χ3n) is 4.37. The fraction of sp³-hybridized carbons (Fsp3) is 0.0500. The van der Waals surface area contributed by atoms with Gasteiger partial charge in [-0.2, -0.15) is 0 Å². The largest absolute Gasteiger partial charge is 0.289 e. The lowest BCUT2D eigenvalue weighted by Crippen LogP contribution is -2.06. The van der Waals surface area contributed by atoms with E-state index in [1.807, 2.05) is 25.1 Å². The van der Waals surface area contributed by atoms with E-state index >= 15 is 0 Å². The zero-order valence-corrected chi connectivity index (χ0v) is 12.4. The summed E-state index contributed by atoms with van der Waals surface area (Å²) in [6.07, 6.45) is 0. The standard InChI is InChI=1S/C20H12O3/c1-11-5-2-3-6-12(11)18(21)14-9-10-16-17-13(14)7-4-8-15(17)19(22)20(16)23/h2-10H,1H3. The van der Waals surface area contributed by atoms with Crippen LogP contribution in [0.15, 0.2) is 54.6 Å². The molecule has 0 fully saturated rings. The van der Waals surface area contributed by atoms with Crippen LogP contribution < -0.4 is 0 Å². The molecule has 3 aromatic carbocycles. The third-order valence-corrected chi connectivity index (χ3v) is 4.37. The molecule has 0 heterocycles. The Hall–Kier alpha value is -3.07. The Morgan fingerprint density at radius 2 is 1.43 bits per heavy atom. The molecule has 23 heavy (non-hydrogen) atoms. The van der Waals surface area contributed by atoms with Crippen molar-refractivity contribution in [3.05, 3.63) is 82.4 Å². The first kappa shape index (κ1) is 13.6. The van der Waals surface area contributed by atoms with Crippen LogP contribution in [0.1, 0.15) is 42.2 Å². The minimum Gasteiger partial charge on any atom is -0.289 e. The Morgan fingerprint density at radius 1 is 0.739 bits per heavy atom. The summed E-state index contributed by atoms with van der Waals surface area (Å²) < 4.78 is 0. The summed E-state index contributed by atoms with van der Waals surface area (Å²) in [7, 11) is 0. The van der Waals surface area contributed by atoms with Gasteiger partial charge >= 0.3 is 0 Å². The van der Waals surface area contributed by atoms with Crippen molar-refractivity contribution in [1.29, 1.82) is 0 Å². The van der Waals surface area contributed by atoms with E-state index < -0.39 is 11.6 Å². The maximum absolute atomic E-state index is 12.9. The second-order valence-corrected chi connectivity index (χ2v) is 5.69. The molecule has 3 nitrogen and oxygen atoms in total. The van der Waals surface area contributed by atoms with Crippen LogP contribution in [0.2, 0.25) is 0 Å². The molecule has 1 aliphatic carbocycles. The minimum atomic E-state index is -0.494. The van der Waals surface area contributed by atoms with Gasteiger partial charge in [0.15, 0.2) is 5.78 Å². The van der Waals surface area contributed by atoms with Crippen molar-refractivity contribution in [1.82, 2.24) is 0 Å². The number of carbonyl (C=O) groups excluding carboxylic acids is 3. The minimum absolute atomic E-state index is 0.0985. The maximum atomic E-state index is 12.9. The van der Waals surface area contributed by atoms with Gasteiger partial charge in [0.25, 0.3) is 0 Å². The van der Waals surface area contributed by atoms with Crippen LogP contribution in [-0.4, -0.2) is 17.3 Å². The van der Waals surface area contributed by atoms with Gasteiger partial charge in [-0.3, -0.25) is 14.4 Å². The number of benzene rings is 3. The van der Waals surface area contributed by atoms with Crippen LogP contribution in [-0.2, 0) is 0 Å². The zero-order valence-electron chi connectivity index (χ0n) is 12.4. The molecule has 4 rings (SSSR count). The number of ketones is 3. The van der Waals surface area contributed by atoms with Crippen molar-refractivity contribution in [2.75, 3.05) is 0 Å². The molecule has 3 aromatic rings. The highest BCUT2D eigenvalue weighted by Gasteiger charge is 2.32. The molecule has 0 radical (unpaired) electrons. The SMILES string of the molecule is Cc1ccccc1C(=O)c1ccc2c3c(cccc13)C(=O)C2=O. The van der Waals surface area contributed by atoms with E-state index in [-0.39, 0.29) is 5.78 Å². The molecule has 1 aliphatic rings. The highest BCUT2D eigenvalue weighted by molar-refractivity contribution is 6.57. The molecule has 0 atom stereocenters. The van der Waals surface area contributed by atoms with Crippen molar-refractivity contribution in [2.24, 2.45) is 0 Å². The normalized spacial score (nSPS) is 12.9. The monoisotopic (exact) mass is 300 g/mol. The number of hydrogen-bond donors (Lipinski definition) is 0. The Labute approximate surface area is 132 Å². The average Bonchev–Trinajstić information content (AvgIpc) is 2.82. The molecule has 0 saturated carbocycles. The summed E-state index contributed by atoms with van der Waals surface area (Å²) in [6, 6.07) is 15.8. The lowest BCUT2D eigenvalue weighted by molar-refractivity contribution is 0.0825. The predicted octanol–water partition coefficient (Wildman–Crippen LogP) is 3.76. The molecular formula is C20H12O3. The summed E-state index contributed by atoms with van der Waals surface area (Å²) in [5, 5.41) is 1.26. The number of aryl methyl sites for hydroxylation is 1. The van der Waals surface area contributed by atoms with Crippen LogP contribution in [0.5, 0.6) is 0 Å². The molecule has 110 valence electrons. The summed E-state index contributed by atoms with van der Waals surface area (Å²) in [6.45, 7) is 1.89. The van der Waals surface area contributed by atoms with Gasteiger partial charge in [0.1, 0.15) is 0 Å². The number of hydrogen-bond acceptors (Lipinski definition) is 3. The van der Waals surface area contributed by atoms with Crippen molar-refractivity contribution < 1.29 is 14.4 Å². The van der Waals surface area contributed by atoms with Gasteiger partial charge in [-0.05, 0) is 30.0 Å². The second-order valence-electron chi connectivity index (χ2n) is 5.69. The van der Waals surface area contributed by atoms with Crippen molar-refractivity contribution >= 4 is 28.1 Å². The maximum Gasteiger partial charge on any atom is 0.234 e. The second kappa shape index (κ2) is 4.71. The van der Waals surface area contributed by atoms with Crippen LogP contribution in [0.3, 0.4) is 0 Å². The topological polar surface area (TPSA) is 51.2 Å². The van der Waals surface area contributed by atoms with E-state index in [1.165, 1.54) is 0 Å². The van der Waals surface area contributed by atoms with Gasteiger partial charge in [-0.15, -0.1) is 0 Å². The van der Waals surface area contributed by atoms with Gasteiger partial charge in [-0.25, -0.2) is 0 Å². The summed E-state index contributed by atoms with van der Waals surface area (Å²) in [4.78, 5) is 37.0. The Balaban J connectivity index is 2.01. The van der Waals surface area contributed by atoms with Crippen LogP contribution in [0, 0.1) is 6.92 Å². The average molecular weight is 300 g/mol. The van der Waals surface area contributed by atoms with E-state index in [0.29, 0.717) is 33.0 Å². The lowest BCUT2D eigenvalue weighted by Gasteiger charge is -2.09. The van der Waals surface area contributed by atoms with Gasteiger partial charge in [-0.1, -0.05) is 42.5 Å². The Morgan fingerprint density at radius 3 is 2.17 bits per heavy atom. The summed E-state index contributed by atoms with van der Waals surface area (Å²) in [5.41, 5.74) is 2.82. The number of Topliss-reactive ketones (excluding diaryl/α,β-unsaturated/α-hetero) is 2. The summed E-state index contributed by atoms with van der Waals surface area (Å²) in [5.74, 6) is -1.09. The fourth-order valence-corrected chi connectivity index (χ4v) is 3.20. The molecule has 0 bridgehead atoms. The number of rotatable bonds is 2. The highest BCUT2D eigenvalue weighted by Crippen LogP contribution is 2.33. The van der Waals surface area contributed by atoms with E-state index in [9.17, 15) is 14.4 Å². The smallest absolute Gasteiger partial charge is 0.234 e. The zero-order chi connectivity index (χ0) is 16.1. The molecule has 0 saturated heterocycles. The van der Waals surface area contributed by atoms with Crippen molar-refractivity contribution in [3.8, 4) is 0 Å². The Kier molecular flexibility index (Phi) is 2.78. The molecule has 0 unspecified atom stereocenters. The lowest BCUT2D eigenvalue weighted by atomic mass is 9.93. The van der Waals surface area contributed by atoms with Crippen molar-refractivity contribution in [3.63, 3.8) is 0 Å². The third kappa shape index (κ3) is 1.80. The van der Waals surface area contributed by atoms with E-state index in [2.05, 4.69) is 0 Å². The van der Waals surface area contributed by atoms with Crippen LogP contribution in [0.25, 0.3) is 10.8 Å². The molecule has 0 aromatic heterocycles. The molecule has 3 heteroatoms. The van der Waals surface area contributed by atoms with Gasteiger partial charge in [0.05, 0.1) is 0 Å². The first-order chi connectivity index (χ1) is 11.1. The van der Waals surface area contributed by atoms with Crippen LogP contribution in [0.4, 0.5) is 0 Å². The van der Waals surface area contributed by atoms with E-state index in [4.69, 9.17) is 0 Å². The quantitative estimate of drug-likeness (QED) is 0.535. The predicted molar refractivity (Wildman–Crippen MR) is 87.2 cm³/mol. The fourth-order valence-electron chi connectivity index (χ4n) is 3.20. The molecular weight excluding hydrogens is 288 g/mol. The molecule has 0 N–H and O–H groups in total. The van der Waals surface area contributed by atoms with Gasteiger partial charge in [0, 0.05) is 27.6 Å². The first-order valence-electron chi connectivity index (χ1n) is 7.34. The molecule has 0 aliphatic heterocycles. The van der Waals surface area contributed by atoms with Crippen LogP contribution >= 0.6 is 0 Å². The van der Waals surface area contributed by atoms with Crippen molar-refractivity contribution in [2.45, 2.75) is 6.92 Å². The highest BCUT2D eigenvalue weighted by atomic mass is 16.2. The molecule has 0 amide bonds. The number of carbonyl (C=O) groups is 3. The summed E-state index contributed by atoms with van der Waals surface area (Å²) >= 11 is 0. The first-order valence-corrected chi connectivity index (χ1v) is 7.34.